The van der Waals surface area contributed by atoms with E-state index < -0.39 is 26.7 Å². The molecule has 2 aromatic rings. The molecule has 2 aromatic carbocycles. The second-order valence-electron chi connectivity index (χ2n) is 6.83. The van der Waals surface area contributed by atoms with Crippen LogP contribution in [-0.4, -0.2) is 55.5 Å². The van der Waals surface area contributed by atoms with Crippen molar-refractivity contribution in [3.05, 3.63) is 59.7 Å². The Kier molecular flexibility index (Phi) is 6.78. The van der Waals surface area contributed by atoms with Gasteiger partial charge >= 0.3 is 6.18 Å². The summed E-state index contributed by atoms with van der Waals surface area (Å²) >= 11 is 1.41. The molecular weight excluding hydrogens is 437 g/mol. The van der Waals surface area contributed by atoms with Gasteiger partial charge in [-0.1, -0.05) is 30.3 Å². The SMILES string of the molecule is Cc1ccccc1SCC(=O)N1CCN(S(=O)(=O)c2ccccc2C(F)(F)F)CC1. The van der Waals surface area contributed by atoms with E-state index in [1.54, 1.807) is 4.90 Å². The standard InChI is InChI=1S/C20H21F3N2O3S2/c1-15-6-2-4-8-17(15)29-14-19(26)24-10-12-25(13-11-24)30(27,28)18-9-5-3-7-16(18)20(21,22)23/h2-9H,10-14H2,1H3. The van der Waals surface area contributed by atoms with E-state index in [2.05, 4.69) is 0 Å². The lowest BCUT2D eigenvalue weighted by Gasteiger charge is -2.34. The van der Waals surface area contributed by atoms with E-state index in [1.165, 1.54) is 17.8 Å². The van der Waals surface area contributed by atoms with Crippen LogP contribution in [0.3, 0.4) is 0 Å². The number of alkyl halides is 3. The van der Waals surface area contributed by atoms with E-state index in [0.29, 0.717) is 0 Å². The summed E-state index contributed by atoms with van der Waals surface area (Å²) in [5.41, 5.74) is -0.118. The quantitative estimate of drug-likeness (QED) is 0.642. The molecule has 0 bridgehead atoms. The highest BCUT2D eigenvalue weighted by Crippen LogP contribution is 2.35. The maximum absolute atomic E-state index is 13.2. The van der Waals surface area contributed by atoms with Gasteiger partial charge in [0.1, 0.15) is 0 Å². The second kappa shape index (κ2) is 8.99. The van der Waals surface area contributed by atoms with Crippen LogP contribution in [0.25, 0.3) is 0 Å². The van der Waals surface area contributed by atoms with Gasteiger partial charge in [-0.2, -0.15) is 17.5 Å². The van der Waals surface area contributed by atoms with Crippen LogP contribution in [0.2, 0.25) is 0 Å². The molecule has 0 atom stereocenters. The highest BCUT2D eigenvalue weighted by molar-refractivity contribution is 8.00. The van der Waals surface area contributed by atoms with Crippen LogP contribution in [0.1, 0.15) is 11.1 Å². The molecule has 5 nitrogen and oxygen atoms in total. The number of piperazine rings is 1. The first kappa shape index (κ1) is 22.6. The predicted octanol–water partition coefficient (Wildman–Crippen LogP) is 3.64. The lowest BCUT2D eigenvalue weighted by atomic mass is 10.2. The van der Waals surface area contributed by atoms with Gasteiger partial charge in [-0.05, 0) is 30.7 Å². The predicted molar refractivity (Wildman–Crippen MR) is 109 cm³/mol. The Bertz CT molecular complexity index is 1020. The van der Waals surface area contributed by atoms with E-state index in [1.807, 2.05) is 31.2 Å². The van der Waals surface area contributed by atoms with Crippen LogP contribution in [0, 0.1) is 6.92 Å². The third-order valence-corrected chi connectivity index (χ3v) is 7.96. The summed E-state index contributed by atoms with van der Waals surface area (Å²) in [4.78, 5) is 14.3. The molecule has 0 N–H and O–H groups in total. The van der Waals surface area contributed by atoms with Gasteiger partial charge in [0.15, 0.2) is 0 Å². The number of nitrogens with zero attached hydrogens (tertiary/aromatic N) is 2. The summed E-state index contributed by atoms with van der Waals surface area (Å²) in [6, 6.07) is 11.8. The molecule has 10 heteroatoms. The third-order valence-electron chi connectivity index (χ3n) is 4.85. The molecular formula is C20H21F3N2O3S2. The molecule has 0 spiro atoms. The summed E-state index contributed by atoms with van der Waals surface area (Å²) < 4.78 is 66.3. The Hall–Kier alpha value is -2.04. The number of sulfonamides is 1. The topological polar surface area (TPSA) is 57.7 Å². The zero-order valence-corrected chi connectivity index (χ0v) is 17.9. The molecule has 1 saturated heterocycles. The molecule has 0 unspecified atom stereocenters. The first-order chi connectivity index (χ1) is 14.1. The minimum Gasteiger partial charge on any atom is -0.339 e. The van der Waals surface area contributed by atoms with E-state index in [0.717, 1.165) is 33.0 Å². The fourth-order valence-corrected chi connectivity index (χ4v) is 5.76. The molecule has 3 rings (SSSR count). The van der Waals surface area contributed by atoms with Gasteiger partial charge in [0.2, 0.25) is 15.9 Å². The van der Waals surface area contributed by atoms with E-state index in [4.69, 9.17) is 0 Å². The number of halogens is 3. The lowest BCUT2D eigenvalue weighted by Crippen LogP contribution is -2.51. The van der Waals surface area contributed by atoms with Crippen LogP contribution in [0.15, 0.2) is 58.3 Å². The van der Waals surface area contributed by atoms with Gasteiger partial charge in [0.25, 0.3) is 0 Å². The molecule has 0 radical (unpaired) electrons. The molecule has 0 aliphatic carbocycles. The summed E-state index contributed by atoms with van der Waals surface area (Å²) in [6.07, 6.45) is -4.77. The number of rotatable bonds is 5. The number of aryl methyl sites for hydroxylation is 1. The lowest BCUT2D eigenvalue weighted by molar-refractivity contribution is -0.139. The summed E-state index contributed by atoms with van der Waals surface area (Å²) in [6.45, 7) is 2.14. The Morgan fingerprint density at radius 1 is 1.00 bits per heavy atom. The summed E-state index contributed by atoms with van der Waals surface area (Å²) in [5, 5.41) is 0. The zero-order chi connectivity index (χ0) is 21.9. The largest absolute Gasteiger partial charge is 0.417 e. The van der Waals surface area contributed by atoms with Crippen molar-refractivity contribution >= 4 is 27.7 Å². The monoisotopic (exact) mass is 458 g/mol. The van der Waals surface area contributed by atoms with Gasteiger partial charge in [-0.3, -0.25) is 4.79 Å². The second-order valence-corrected chi connectivity index (χ2v) is 9.76. The fraction of sp³-hybridized carbons (Fsp3) is 0.350. The summed E-state index contributed by atoms with van der Waals surface area (Å²) in [5.74, 6) is 0.0881. The van der Waals surface area contributed by atoms with Crippen LogP contribution in [0.5, 0.6) is 0 Å². The zero-order valence-electron chi connectivity index (χ0n) is 16.2. The van der Waals surface area contributed by atoms with E-state index >= 15 is 0 Å². The Balaban J connectivity index is 1.64. The van der Waals surface area contributed by atoms with E-state index in [-0.39, 0.29) is 37.8 Å². The molecule has 1 heterocycles. The molecule has 1 aliphatic heterocycles. The highest BCUT2D eigenvalue weighted by Gasteiger charge is 2.39. The third kappa shape index (κ3) is 4.98. The van der Waals surface area contributed by atoms with Crippen molar-refractivity contribution in [3.8, 4) is 0 Å². The fourth-order valence-electron chi connectivity index (χ4n) is 3.19. The molecule has 1 fully saturated rings. The van der Waals surface area contributed by atoms with Crippen molar-refractivity contribution < 1.29 is 26.4 Å². The number of thioether (sulfide) groups is 1. The van der Waals surface area contributed by atoms with Crippen LogP contribution in [-0.2, 0) is 21.0 Å². The van der Waals surface area contributed by atoms with Crippen molar-refractivity contribution in [2.75, 3.05) is 31.9 Å². The number of carbonyl (C=O) groups excluding carboxylic acids is 1. The van der Waals surface area contributed by atoms with Gasteiger partial charge in [0.05, 0.1) is 16.2 Å². The Labute approximate surface area is 177 Å². The highest BCUT2D eigenvalue weighted by atomic mass is 32.2. The maximum atomic E-state index is 13.2. The summed E-state index contributed by atoms with van der Waals surface area (Å²) in [7, 11) is -4.32. The van der Waals surface area contributed by atoms with Crippen molar-refractivity contribution in [2.24, 2.45) is 0 Å². The minimum absolute atomic E-state index is 0.0463. The van der Waals surface area contributed by atoms with Gasteiger partial charge in [-0.15, -0.1) is 11.8 Å². The number of amides is 1. The first-order valence-corrected chi connectivity index (χ1v) is 11.7. The van der Waals surface area contributed by atoms with Crippen molar-refractivity contribution in [1.29, 1.82) is 0 Å². The molecule has 30 heavy (non-hydrogen) atoms. The van der Waals surface area contributed by atoms with Gasteiger partial charge in [0, 0.05) is 31.1 Å². The van der Waals surface area contributed by atoms with Gasteiger partial charge < -0.3 is 4.90 Å². The molecule has 0 aromatic heterocycles. The normalized spacial score (nSPS) is 15.9. The number of carbonyl (C=O) groups is 1. The smallest absolute Gasteiger partial charge is 0.339 e. The number of benzene rings is 2. The van der Waals surface area contributed by atoms with E-state index in [9.17, 15) is 26.4 Å². The van der Waals surface area contributed by atoms with Crippen LogP contribution in [0.4, 0.5) is 13.2 Å². The van der Waals surface area contributed by atoms with Gasteiger partial charge in [-0.25, -0.2) is 8.42 Å². The Morgan fingerprint density at radius 2 is 1.60 bits per heavy atom. The Morgan fingerprint density at radius 3 is 2.23 bits per heavy atom. The molecule has 162 valence electrons. The van der Waals surface area contributed by atoms with Crippen LogP contribution < -0.4 is 0 Å². The molecule has 1 aliphatic rings. The van der Waals surface area contributed by atoms with Crippen molar-refractivity contribution in [1.82, 2.24) is 9.21 Å². The average Bonchev–Trinajstić information content (AvgIpc) is 2.72. The van der Waals surface area contributed by atoms with Crippen molar-refractivity contribution in [2.45, 2.75) is 22.9 Å². The number of hydrogen-bond acceptors (Lipinski definition) is 4. The first-order valence-electron chi connectivity index (χ1n) is 9.23. The maximum Gasteiger partial charge on any atom is 0.417 e. The van der Waals surface area contributed by atoms with Crippen LogP contribution >= 0.6 is 11.8 Å². The minimum atomic E-state index is -4.77. The average molecular weight is 459 g/mol. The van der Waals surface area contributed by atoms with Crippen molar-refractivity contribution in [3.63, 3.8) is 0 Å². The number of hydrogen-bond donors (Lipinski definition) is 0. The molecule has 1 amide bonds. The molecule has 0 saturated carbocycles.